The first-order valence-electron chi connectivity index (χ1n) is 13.9. The molecule has 2 unspecified atom stereocenters. The average molecular weight is 559 g/mol. The molecule has 2 atom stereocenters. The van der Waals surface area contributed by atoms with Gasteiger partial charge in [0.25, 0.3) is 0 Å². The van der Waals surface area contributed by atoms with E-state index in [1.54, 1.807) is 28.4 Å². The Bertz CT molecular complexity index is 1400. The Labute approximate surface area is 249 Å². The second kappa shape index (κ2) is 15.7. The van der Waals surface area contributed by atoms with Crippen LogP contribution < -0.4 is 18.9 Å². The zero-order valence-electron chi connectivity index (χ0n) is 24.6. The fraction of sp³-hybridized carbons (Fsp3) is 0.158. The predicted octanol–water partition coefficient (Wildman–Crippen LogP) is 9.13. The van der Waals surface area contributed by atoms with Crippen LogP contribution in [-0.2, 0) is 0 Å². The molecule has 0 N–H and O–H groups in total. The third-order valence-electron chi connectivity index (χ3n) is 6.93. The van der Waals surface area contributed by atoms with E-state index in [0.29, 0.717) is 0 Å². The lowest BCUT2D eigenvalue weighted by Crippen LogP contribution is -1.98. The summed E-state index contributed by atoms with van der Waals surface area (Å²) < 4.78 is 22.5. The van der Waals surface area contributed by atoms with Gasteiger partial charge in [0.15, 0.2) is 0 Å². The fourth-order valence-corrected chi connectivity index (χ4v) is 4.67. The Morgan fingerprint density at radius 2 is 0.857 bits per heavy atom. The first-order valence-corrected chi connectivity index (χ1v) is 13.9. The third-order valence-corrected chi connectivity index (χ3v) is 6.93. The van der Waals surface area contributed by atoms with Gasteiger partial charge in [-0.15, -0.1) is 0 Å². The van der Waals surface area contributed by atoms with Crippen molar-refractivity contribution >= 4 is 12.2 Å². The average Bonchev–Trinajstić information content (AvgIpc) is 3.06. The van der Waals surface area contributed by atoms with Crippen LogP contribution in [0, 0.1) is 0 Å². The van der Waals surface area contributed by atoms with Gasteiger partial charge in [-0.2, -0.15) is 0 Å². The van der Waals surface area contributed by atoms with Gasteiger partial charge in [0.05, 0.1) is 28.4 Å². The highest BCUT2D eigenvalue weighted by Gasteiger charge is 2.14. The molecule has 0 radical (unpaired) electrons. The lowest BCUT2D eigenvalue weighted by molar-refractivity contribution is 0.398. The number of benzene rings is 4. The number of allylic oxidation sites excluding steroid dienone is 6. The van der Waals surface area contributed by atoms with Crippen molar-refractivity contribution in [1.29, 1.82) is 0 Å². The van der Waals surface area contributed by atoms with Crippen LogP contribution in [0.3, 0.4) is 0 Å². The summed E-state index contributed by atoms with van der Waals surface area (Å²) in [6.07, 6.45) is 17.1. The standard InChI is InChI=1S/C38H38O4/c1-39-33-23-25-37(41-3)35(27-33)31(21-19-29-13-7-5-8-14-29)17-11-12-18-32(22-20-30-15-9-6-10-16-30)36-28-34(40-2)24-26-38(36)42-4/h5-28,31-32H,1-4H3/b17-11+,18-12+,21-19+,22-20+. The molecule has 0 amide bonds. The van der Waals surface area contributed by atoms with E-state index in [1.807, 2.05) is 72.8 Å². The van der Waals surface area contributed by atoms with Crippen molar-refractivity contribution in [3.8, 4) is 23.0 Å². The Morgan fingerprint density at radius 3 is 1.21 bits per heavy atom. The first kappa shape index (κ1) is 30.0. The van der Waals surface area contributed by atoms with Gasteiger partial charge in [-0.3, -0.25) is 0 Å². The van der Waals surface area contributed by atoms with E-state index in [-0.39, 0.29) is 11.8 Å². The summed E-state index contributed by atoms with van der Waals surface area (Å²) in [6, 6.07) is 32.3. The van der Waals surface area contributed by atoms with E-state index in [0.717, 1.165) is 45.3 Å². The second-order valence-corrected chi connectivity index (χ2v) is 9.58. The number of hydrogen-bond acceptors (Lipinski definition) is 4. The van der Waals surface area contributed by atoms with E-state index >= 15 is 0 Å². The molecule has 0 aliphatic rings. The Morgan fingerprint density at radius 1 is 0.452 bits per heavy atom. The summed E-state index contributed by atoms with van der Waals surface area (Å²) in [5.74, 6) is 3.07. The van der Waals surface area contributed by atoms with Gasteiger partial charge in [0, 0.05) is 23.0 Å². The first-order chi connectivity index (χ1) is 20.6. The van der Waals surface area contributed by atoms with Crippen LogP contribution in [0.1, 0.15) is 34.1 Å². The normalized spacial score (nSPS) is 13.1. The molecule has 0 saturated carbocycles. The molecule has 4 aromatic carbocycles. The van der Waals surface area contributed by atoms with Crippen molar-refractivity contribution in [3.05, 3.63) is 156 Å². The summed E-state index contributed by atoms with van der Waals surface area (Å²) in [7, 11) is 6.74. The molecule has 214 valence electrons. The van der Waals surface area contributed by atoms with Crippen LogP contribution in [0.4, 0.5) is 0 Å². The zero-order valence-corrected chi connectivity index (χ0v) is 24.6. The minimum atomic E-state index is -0.0513. The van der Waals surface area contributed by atoms with Crippen molar-refractivity contribution in [3.63, 3.8) is 0 Å². The lowest BCUT2D eigenvalue weighted by Gasteiger charge is -2.16. The van der Waals surface area contributed by atoms with E-state index < -0.39 is 0 Å². The van der Waals surface area contributed by atoms with Crippen LogP contribution >= 0.6 is 0 Å². The maximum atomic E-state index is 5.73. The predicted molar refractivity (Wildman–Crippen MR) is 174 cm³/mol. The fourth-order valence-electron chi connectivity index (χ4n) is 4.67. The largest absolute Gasteiger partial charge is 0.497 e. The third kappa shape index (κ3) is 8.28. The van der Waals surface area contributed by atoms with Gasteiger partial charge >= 0.3 is 0 Å². The molecule has 0 saturated heterocycles. The molecule has 4 rings (SSSR count). The van der Waals surface area contributed by atoms with E-state index in [2.05, 4.69) is 72.9 Å². The molecule has 4 nitrogen and oxygen atoms in total. The highest BCUT2D eigenvalue weighted by atomic mass is 16.5. The van der Waals surface area contributed by atoms with Crippen molar-refractivity contribution in [1.82, 2.24) is 0 Å². The number of rotatable bonds is 13. The Balaban J connectivity index is 1.69. The Kier molecular flexibility index (Phi) is 11.2. The monoisotopic (exact) mass is 558 g/mol. The molecule has 0 spiro atoms. The summed E-state index contributed by atoms with van der Waals surface area (Å²) in [4.78, 5) is 0. The summed E-state index contributed by atoms with van der Waals surface area (Å²) in [6.45, 7) is 0. The maximum Gasteiger partial charge on any atom is 0.123 e. The molecular formula is C38H38O4. The van der Waals surface area contributed by atoms with E-state index in [1.165, 1.54) is 0 Å². The van der Waals surface area contributed by atoms with Gasteiger partial charge in [-0.25, -0.2) is 0 Å². The van der Waals surface area contributed by atoms with Gasteiger partial charge in [0.1, 0.15) is 23.0 Å². The zero-order chi connectivity index (χ0) is 29.6. The SMILES string of the molecule is COc1ccc(OC)c(C(/C=C/C=C/C(/C=C/c2ccccc2)c2cc(OC)ccc2OC)/C=C/c2ccccc2)c1. The summed E-state index contributed by atoms with van der Waals surface area (Å²) in [5.41, 5.74) is 4.29. The van der Waals surface area contributed by atoms with Crippen molar-refractivity contribution in [2.45, 2.75) is 11.8 Å². The highest BCUT2D eigenvalue weighted by molar-refractivity contribution is 5.56. The summed E-state index contributed by atoms with van der Waals surface area (Å²) in [5, 5.41) is 0. The Hall–Kier alpha value is -4.96. The van der Waals surface area contributed by atoms with Gasteiger partial charge in [0.2, 0.25) is 0 Å². The highest BCUT2D eigenvalue weighted by Crippen LogP contribution is 2.34. The second-order valence-electron chi connectivity index (χ2n) is 9.58. The minimum Gasteiger partial charge on any atom is -0.497 e. The molecule has 4 heteroatoms. The van der Waals surface area contributed by atoms with Gasteiger partial charge in [-0.1, -0.05) is 109 Å². The van der Waals surface area contributed by atoms with Gasteiger partial charge < -0.3 is 18.9 Å². The molecule has 0 aliphatic heterocycles. The van der Waals surface area contributed by atoms with Crippen LogP contribution in [0.5, 0.6) is 23.0 Å². The molecule has 0 aliphatic carbocycles. The molecular weight excluding hydrogens is 520 g/mol. The smallest absolute Gasteiger partial charge is 0.123 e. The number of methoxy groups -OCH3 is 4. The maximum absolute atomic E-state index is 5.73. The molecule has 0 heterocycles. The molecule has 0 aromatic heterocycles. The van der Waals surface area contributed by atoms with Crippen molar-refractivity contribution < 1.29 is 18.9 Å². The molecule has 4 aromatic rings. The topological polar surface area (TPSA) is 36.9 Å². The summed E-state index contributed by atoms with van der Waals surface area (Å²) >= 11 is 0. The van der Waals surface area contributed by atoms with Crippen LogP contribution in [-0.4, -0.2) is 28.4 Å². The van der Waals surface area contributed by atoms with Crippen LogP contribution in [0.15, 0.2) is 134 Å². The minimum absolute atomic E-state index is 0.0513. The quantitative estimate of drug-likeness (QED) is 0.153. The van der Waals surface area contributed by atoms with Crippen LogP contribution in [0.25, 0.3) is 12.2 Å². The van der Waals surface area contributed by atoms with Crippen molar-refractivity contribution in [2.24, 2.45) is 0 Å². The van der Waals surface area contributed by atoms with Crippen molar-refractivity contribution in [2.75, 3.05) is 28.4 Å². The number of ether oxygens (including phenoxy) is 4. The van der Waals surface area contributed by atoms with Crippen LogP contribution in [0.2, 0.25) is 0 Å². The van der Waals surface area contributed by atoms with Gasteiger partial charge in [-0.05, 0) is 47.5 Å². The molecule has 0 fully saturated rings. The lowest BCUT2D eigenvalue weighted by atomic mass is 9.94. The molecule has 0 bridgehead atoms. The van der Waals surface area contributed by atoms with E-state index in [9.17, 15) is 0 Å². The molecule has 42 heavy (non-hydrogen) atoms. The number of hydrogen-bond donors (Lipinski definition) is 0. The van der Waals surface area contributed by atoms with E-state index in [4.69, 9.17) is 18.9 Å².